The number of hydrogen-bond acceptors (Lipinski definition) is 6. The van der Waals surface area contributed by atoms with Crippen LogP contribution >= 0.6 is 0 Å². The van der Waals surface area contributed by atoms with E-state index in [1.165, 1.54) is 0 Å². The van der Waals surface area contributed by atoms with Crippen LogP contribution < -0.4 is 0 Å². The highest BCUT2D eigenvalue weighted by Crippen LogP contribution is 2.47. The highest BCUT2D eigenvalue weighted by Gasteiger charge is 2.61. The smallest absolute Gasteiger partial charge is 0.335 e. The molecule has 2 heterocycles. The van der Waals surface area contributed by atoms with E-state index in [1.807, 2.05) is 0 Å². The van der Waals surface area contributed by atoms with E-state index in [2.05, 4.69) is 55.4 Å². The van der Waals surface area contributed by atoms with Gasteiger partial charge in [-0.2, -0.15) is 0 Å². The Bertz CT molecular complexity index is 497. The summed E-state index contributed by atoms with van der Waals surface area (Å²) in [5.41, 5.74) is 1.19. The molecule has 0 saturated carbocycles. The minimum atomic E-state index is -2.66. The summed E-state index contributed by atoms with van der Waals surface area (Å²) in [5, 5.41) is 9.29. The summed E-state index contributed by atoms with van der Waals surface area (Å²) >= 11 is 0. The van der Waals surface area contributed by atoms with Crippen molar-refractivity contribution in [1.29, 1.82) is 0 Å². The van der Waals surface area contributed by atoms with Gasteiger partial charge in [0.15, 0.2) is 0 Å². The third-order valence-electron chi connectivity index (χ3n) is 6.66. The lowest BCUT2D eigenvalue weighted by atomic mass is 10.0. The molecule has 0 aliphatic carbocycles. The van der Waals surface area contributed by atoms with Crippen LogP contribution in [0.5, 0.6) is 0 Å². The van der Waals surface area contributed by atoms with E-state index < -0.39 is 17.1 Å². The highest BCUT2D eigenvalue weighted by molar-refractivity contribution is 6.83. The largest absolute Gasteiger partial charge is 0.414 e. The number of hydrogen-bond donors (Lipinski definition) is 1. The second-order valence-electron chi connectivity index (χ2n) is 9.84. The maximum Gasteiger partial charge on any atom is 0.335 e. The molecule has 0 unspecified atom stereocenters. The molecule has 1 N–H and O–H groups in total. The molecule has 29 heavy (non-hydrogen) atoms. The SMILES string of the molecule is CO[C@@H]1[C@@H]2O[Si](C(C)C)(C(C)C)O[Si](C(C)C)(C(C)C)OC[C@H]2O[C@@H]1CCCO. The van der Waals surface area contributed by atoms with Crippen LogP contribution in [-0.4, -0.2) is 67.0 Å². The van der Waals surface area contributed by atoms with Gasteiger partial charge in [-0.25, -0.2) is 0 Å². The Hall–Kier alpha value is 0.194. The average molecular weight is 449 g/mol. The van der Waals surface area contributed by atoms with Gasteiger partial charge in [-0.1, -0.05) is 55.4 Å². The zero-order valence-corrected chi connectivity index (χ0v) is 21.9. The Morgan fingerprint density at radius 1 is 0.931 bits per heavy atom. The molecule has 0 aromatic carbocycles. The highest BCUT2D eigenvalue weighted by atomic mass is 28.5. The molecule has 8 heteroatoms. The molecule has 0 aromatic rings. The van der Waals surface area contributed by atoms with Crippen LogP contribution in [-0.2, 0) is 22.4 Å². The maximum absolute atomic E-state index is 9.29. The van der Waals surface area contributed by atoms with Gasteiger partial charge in [0.1, 0.15) is 18.3 Å². The second-order valence-corrected chi connectivity index (χ2v) is 18.7. The van der Waals surface area contributed by atoms with Crippen molar-refractivity contribution < 1.29 is 27.5 Å². The predicted molar refractivity (Wildman–Crippen MR) is 120 cm³/mol. The van der Waals surface area contributed by atoms with Crippen molar-refractivity contribution in [1.82, 2.24) is 0 Å². The summed E-state index contributed by atoms with van der Waals surface area (Å²) in [6, 6.07) is 0. The Kier molecular flexibility index (Phi) is 8.96. The molecule has 172 valence electrons. The Morgan fingerprint density at radius 3 is 1.93 bits per heavy atom. The predicted octanol–water partition coefficient (Wildman–Crippen LogP) is 4.50. The minimum absolute atomic E-state index is 0.0935. The van der Waals surface area contributed by atoms with E-state index in [9.17, 15) is 5.11 Å². The fourth-order valence-electron chi connectivity index (χ4n) is 5.03. The lowest BCUT2D eigenvalue weighted by molar-refractivity contribution is -0.0406. The monoisotopic (exact) mass is 448 g/mol. The normalized spacial score (nSPS) is 32.1. The molecule has 0 bridgehead atoms. The lowest BCUT2D eigenvalue weighted by Crippen LogP contribution is -2.66. The number of aliphatic hydroxyl groups excluding tert-OH is 1. The number of aliphatic hydroxyl groups is 1. The number of methoxy groups -OCH3 is 1. The summed E-state index contributed by atoms with van der Waals surface area (Å²) < 4.78 is 33.3. The molecule has 0 aromatic heterocycles. The van der Waals surface area contributed by atoms with Gasteiger partial charge in [0.05, 0.1) is 12.7 Å². The number of ether oxygens (including phenoxy) is 2. The second kappa shape index (κ2) is 10.2. The molecule has 0 spiro atoms. The molecule has 0 radical (unpaired) electrons. The van der Waals surface area contributed by atoms with Gasteiger partial charge in [-0.3, -0.25) is 0 Å². The topological polar surface area (TPSA) is 66.4 Å². The van der Waals surface area contributed by atoms with E-state index in [0.29, 0.717) is 24.1 Å². The van der Waals surface area contributed by atoms with Crippen LogP contribution in [0.4, 0.5) is 0 Å². The van der Waals surface area contributed by atoms with Gasteiger partial charge in [0.25, 0.3) is 0 Å². The average Bonchev–Trinajstić information content (AvgIpc) is 2.94. The van der Waals surface area contributed by atoms with Crippen molar-refractivity contribution >= 4 is 17.1 Å². The van der Waals surface area contributed by atoms with E-state index in [1.54, 1.807) is 7.11 Å². The summed E-state index contributed by atoms with van der Waals surface area (Å²) in [6.07, 6.45) is 0.808. The standard InChI is InChI=1S/C21H44O6Si2/c1-14(2)28(15(3)4)24-13-19-21(20(23-9)18(25-19)11-10-12-22)26-29(27-28,16(5)6)17(7)8/h14-22H,10-13H2,1-9H3/t18-,19-,20+,21-/m1/s1. The number of fused-ring (bicyclic) bond motifs is 1. The van der Waals surface area contributed by atoms with Gasteiger partial charge in [-0.05, 0) is 35.0 Å². The number of rotatable bonds is 8. The molecule has 6 nitrogen and oxygen atoms in total. The van der Waals surface area contributed by atoms with Crippen LogP contribution in [0.2, 0.25) is 22.2 Å². The van der Waals surface area contributed by atoms with Crippen LogP contribution in [0.15, 0.2) is 0 Å². The maximum atomic E-state index is 9.29. The quantitative estimate of drug-likeness (QED) is 0.552. The Morgan fingerprint density at radius 2 is 1.48 bits per heavy atom. The van der Waals surface area contributed by atoms with Gasteiger partial charge in [-0.15, -0.1) is 0 Å². The third kappa shape index (κ3) is 4.84. The molecule has 2 rings (SSSR count). The van der Waals surface area contributed by atoms with E-state index in [4.69, 9.17) is 22.4 Å². The zero-order valence-electron chi connectivity index (χ0n) is 19.9. The Balaban J connectivity index is 2.49. The fraction of sp³-hybridized carbons (Fsp3) is 1.00. The van der Waals surface area contributed by atoms with Gasteiger partial charge in [0.2, 0.25) is 0 Å². The van der Waals surface area contributed by atoms with Gasteiger partial charge < -0.3 is 27.5 Å². The van der Waals surface area contributed by atoms with E-state index in [0.717, 1.165) is 6.42 Å². The summed E-state index contributed by atoms with van der Waals surface area (Å²) in [7, 11) is -3.48. The van der Waals surface area contributed by atoms with Crippen molar-refractivity contribution in [3.8, 4) is 0 Å². The van der Waals surface area contributed by atoms with Gasteiger partial charge in [0, 0.05) is 13.7 Å². The molecular weight excluding hydrogens is 404 g/mol. The Labute approximate surface area is 180 Å². The lowest BCUT2D eigenvalue weighted by Gasteiger charge is -2.51. The molecule has 2 saturated heterocycles. The summed E-state index contributed by atoms with van der Waals surface area (Å²) in [6.45, 7) is 18.4. The van der Waals surface area contributed by atoms with E-state index in [-0.39, 0.29) is 42.1 Å². The fourth-order valence-corrected chi connectivity index (χ4v) is 16.2. The summed E-state index contributed by atoms with van der Waals surface area (Å²) in [5.74, 6) is 0. The molecule has 0 amide bonds. The van der Waals surface area contributed by atoms with Crippen molar-refractivity contribution in [2.45, 2.75) is 115 Å². The van der Waals surface area contributed by atoms with Crippen LogP contribution in [0.1, 0.15) is 68.2 Å². The van der Waals surface area contributed by atoms with Crippen molar-refractivity contribution in [3.63, 3.8) is 0 Å². The zero-order chi connectivity index (χ0) is 22.0. The van der Waals surface area contributed by atoms with Crippen molar-refractivity contribution in [3.05, 3.63) is 0 Å². The van der Waals surface area contributed by atoms with E-state index >= 15 is 0 Å². The minimum Gasteiger partial charge on any atom is -0.414 e. The molecule has 2 aliphatic rings. The third-order valence-corrected chi connectivity index (χ3v) is 16.9. The summed E-state index contributed by atoms with van der Waals surface area (Å²) in [4.78, 5) is 0. The van der Waals surface area contributed by atoms with Crippen LogP contribution in [0, 0.1) is 0 Å². The molecule has 2 aliphatic heterocycles. The molecule has 2 fully saturated rings. The van der Waals surface area contributed by atoms with Crippen LogP contribution in [0.25, 0.3) is 0 Å². The van der Waals surface area contributed by atoms with Crippen molar-refractivity contribution in [2.24, 2.45) is 0 Å². The first-order chi connectivity index (χ1) is 13.6. The van der Waals surface area contributed by atoms with Crippen molar-refractivity contribution in [2.75, 3.05) is 20.3 Å². The molecular formula is C21H44O6Si2. The first-order valence-corrected chi connectivity index (χ1v) is 15.3. The first kappa shape index (κ1) is 25.5. The van der Waals surface area contributed by atoms with Crippen LogP contribution in [0.3, 0.4) is 0 Å². The molecule has 4 atom stereocenters. The van der Waals surface area contributed by atoms with Gasteiger partial charge >= 0.3 is 17.1 Å². The first-order valence-electron chi connectivity index (χ1n) is 11.4.